The topological polar surface area (TPSA) is 27.7 Å². The van der Waals surface area contributed by atoms with Gasteiger partial charge >= 0.3 is 0 Å². The van der Waals surface area contributed by atoms with Gasteiger partial charge in [-0.25, -0.2) is 0 Å². The first kappa shape index (κ1) is 24.3. The molecule has 166 valence electrons. The van der Waals surface area contributed by atoms with Gasteiger partial charge in [0.15, 0.2) is 0 Å². The van der Waals surface area contributed by atoms with Gasteiger partial charge in [-0.05, 0) is 55.2 Å². The minimum Gasteiger partial charge on any atom is -0.494 e. The van der Waals surface area contributed by atoms with Crippen LogP contribution in [0.4, 0.5) is 0 Å². The second-order valence-electron chi connectivity index (χ2n) is 8.01. The first-order chi connectivity index (χ1) is 14.7. The summed E-state index contributed by atoms with van der Waals surface area (Å²) in [6.07, 6.45) is 10.1. The molecule has 30 heavy (non-hydrogen) atoms. The fraction of sp³-hybridized carbons (Fsp3) is 0.556. The van der Waals surface area contributed by atoms with Gasteiger partial charge in [-0.15, -0.1) is 0 Å². The molecule has 0 unspecified atom stereocenters. The summed E-state index contributed by atoms with van der Waals surface area (Å²) in [4.78, 5) is 0. The van der Waals surface area contributed by atoms with Crippen molar-refractivity contribution in [2.24, 2.45) is 0 Å². The molecule has 0 spiro atoms. The summed E-state index contributed by atoms with van der Waals surface area (Å²) < 4.78 is 17.5. The number of rotatable bonds is 16. The van der Waals surface area contributed by atoms with E-state index < -0.39 is 0 Å². The molecular weight excluding hydrogens is 372 g/mol. The fourth-order valence-electron chi connectivity index (χ4n) is 3.25. The Hall–Kier alpha value is -2.00. The molecule has 2 aromatic rings. The van der Waals surface area contributed by atoms with E-state index in [0.717, 1.165) is 44.0 Å². The van der Waals surface area contributed by atoms with Crippen molar-refractivity contribution < 1.29 is 14.2 Å². The number of benzene rings is 2. The maximum Gasteiger partial charge on any atom is 0.119 e. The molecule has 1 atom stereocenters. The van der Waals surface area contributed by atoms with E-state index in [-0.39, 0.29) is 6.10 Å². The monoisotopic (exact) mass is 412 g/mol. The van der Waals surface area contributed by atoms with E-state index in [2.05, 4.69) is 57.2 Å². The highest BCUT2D eigenvalue weighted by Gasteiger charge is 2.04. The Morgan fingerprint density at radius 3 is 1.73 bits per heavy atom. The maximum atomic E-state index is 5.88. The van der Waals surface area contributed by atoms with E-state index in [9.17, 15) is 0 Å². The molecule has 0 aliphatic rings. The largest absolute Gasteiger partial charge is 0.494 e. The summed E-state index contributed by atoms with van der Waals surface area (Å²) in [6, 6.07) is 16.6. The molecule has 0 saturated carbocycles. The second-order valence-corrected chi connectivity index (χ2v) is 8.01. The molecule has 2 aromatic carbocycles. The summed E-state index contributed by atoms with van der Waals surface area (Å²) in [5.74, 6) is 1.83. The van der Waals surface area contributed by atoms with Crippen LogP contribution in [-0.2, 0) is 4.74 Å². The summed E-state index contributed by atoms with van der Waals surface area (Å²) >= 11 is 0. The summed E-state index contributed by atoms with van der Waals surface area (Å²) in [6.45, 7) is 8.66. The lowest BCUT2D eigenvalue weighted by Crippen LogP contribution is -2.18. The highest BCUT2D eigenvalue weighted by atomic mass is 16.5. The Morgan fingerprint density at radius 2 is 1.13 bits per heavy atom. The highest BCUT2D eigenvalue weighted by molar-refractivity contribution is 5.64. The van der Waals surface area contributed by atoms with Crippen molar-refractivity contribution in [3.05, 3.63) is 48.5 Å². The van der Waals surface area contributed by atoms with Gasteiger partial charge in [-0.3, -0.25) is 0 Å². The van der Waals surface area contributed by atoms with Crippen LogP contribution in [0.5, 0.6) is 11.5 Å². The third-order valence-electron chi connectivity index (χ3n) is 5.19. The first-order valence-electron chi connectivity index (χ1n) is 11.8. The molecule has 0 aliphatic carbocycles. The zero-order valence-electron chi connectivity index (χ0n) is 19.2. The lowest BCUT2D eigenvalue weighted by atomic mass is 10.1. The van der Waals surface area contributed by atoms with E-state index in [1.54, 1.807) is 0 Å². The Bertz CT molecular complexity index is 664. The van der Waals surface area contributed by atoms with Gasteiger partial charge in [0.25, 0.3) is 0 Å². The average molecular weight is 413 g/mol. The van der Waals surface area contributed by atoms with Gasteiger partial charge in [0.1, 0.15) is 18.1 Å². The third kappa shape index (κ3) is 9.67. The van der Waals surface area contributed by atoms with Crippen molar-refractivity contribution in [2.45, 2.75) is 78.2 Å². The van der Waals surface area contributed by atoms with Crippen LogP contribution in [0.15, 0.2) is 48.5 Å². The number of hydrogen-bond acceptors (Lipinski definition) is 3. The normalized spacial score (nSPS) is 12.0. The molecule has 2 rings (SSSR count). The van der Waals surface area contributed by atoms with Crippen LogP contribution < -0.4 is 9.47 Å². The van der Waals surface area contributed by atoms with Gasteiger partial charge in [0.05, 0.1) is 12.7 Å². The van der Waals surface area contributed by atoms with E-state index in [4.69, 9.17) is 14.2 Å². The van der Waals surface area contributed by atoms with Gasteiger partial charge in [-0.1, -0.05) is 76.6 Å². The summed E-state index contributed by atoms with van der Waals surface area (Å²) in [5.41, 5.74) is 2.36. The van der Waals surface area contributed by atoms with E-state index in [1.807, 2.05) is 12.1 Å². The SMILES string of the molecule is CCCCCCCCOc1ccc(-c2ccc(OC[C@H](C)OCCCC)cc2)cc1. The standard InChI is InChI=1S/C27H40O3/c1-4-6-8-9-10-11-21-29-26-16-12-24(13-17-26)25-14-18-27(19-15-25)30-22-23(3)28-20-7-5-2/h12-19,23H,4-11,20-22H2,1-3H3/t23-/m0/s1. The fourth-order valence-corrected chi connectivity index (χ4v) is 3.25. The van der Waals surface area contributed by atoms with Crippen molar-refractivity contribution in [1.82, 2.24) is 0 Å². The Kier molecular flexibility index (Phi) is 12.1. The predicted octanol–water partition coefficient (Wildman–Crippen LogP) is 7.68. The Morgan fingerprint density at radius 1 is 0.600 bits per heavy atom. The van der Waals surface area contributed by atoms with E-state index >= 15 is 0 Å². The number of ether oxygens (including phenoxy) is 3. The minimum absolute atomic E-state index is 0.111. The minimum atomic E-state index is 0.111. The lowest BCUT2D eigenvalue weighted by Gasteiger charge is -2.14. The zero-order valence-corrected chi connectivity index (χ0v) is 19.2. The third-order valence-corrected chi connectivity index (χ3v) is 5.19. The molecule has 0 heterocycles. The number of hydrogen-bond donors (Lipinski definition) is 0. The van der Waals surface area contributed by atoms with Crippen LogP contribution in [0, 0.1) is 0 Å². The predicted molar refractivity (Wildman–Crippen MR) is 127 cm³/mol. The number of unbranched alkanes of at least 4 members (excludes halogenated alkanes) is 6. The van der Waals surface area contributed by atoms with Crippen LogP contribution in [-0.4, -0.2) is 25.9 Å². The van der Waals surface area contributed by atoms with Crippen molar-refractivity contribution in [3.63, 3.8) is 0 Å². The Balaban J connectivity index is 1.71. The Labute approximate surface area is 183 Å². The zero-order chi connectivity index (χ0) is 21.4. The van der Waals surface area contributed by atoms with Crippen LogP contribution in [0.1, 0.15) is 72.1 Å². The summed E-state index contributed by atoms with van der Waals surface area (Å²) in [5, 5.41) is 0. The smallest absolute Gasteiger partial charge is 0.119 e. The van der Waals surface area contributed by atoms with Gasteiger partial charge < -0.3 is 14.2 Å². The lowest BCUT2D eigenvalue weighted by molar-refractivity contribution is 0.0309. The molecule has 3 heteroatoms. The van der Waals surface area contributed by atoms with Crippen molar-refractivity contribution in [2.75, 3.05) is 19.8 Å². The molecule has 0 fully saturated rings. The molecule has 3 nitrogen and oxygen atoms in total. The van der Waals surface area contributed by atoms with E-state index in [1.165, 1.54) is 43.2 Å². The van der Waals surface area contributed by atoms with Gasteiger partial charge in [0.2, 0.25) is 0 Å². The molecule has 0 aromatic heterocycles. The van der Waals surface area contributed by atoms with Crippen LogP contribution in [0.3, 0.4) is 0 Å². The second kappa shape index (κ2) is 14.9. The highest BCUT2D eigenvalue weighted by Crippen LogP contribution is 2.25. The first-order valence-corrected chi connectivity index (χ1v) is 11.8. The molecule has 0 saturated heterocycles. The average Bonchev–Trinajstić information content (AvgIpc) is 2.78. The quantitative estimate of drug-likeness (QED) is 0.265. The van der Waals surface area contributed by atoms with Crippen molar-refractivity contribution in [3.8, 4) is 22.6 Å². The van der Waals surface area contributed by atoms with E-state index in [0.29, 0.717) is 6.61 Å². The van der Waals surface area contributed by atoms with Crippen LogP contribution in [0.25, 0.3) is 11.1 Å². The van der Waals surface area contributed by atoms with Crippen LogP contribution in [0.2, 0.25) is 0 Å². The molecule has 0 bridgehead atoms. The molecular formula is C27H40O3. The van der Waals surface area contributed by atoms with Gasteiger partial charge in [0, 0.05) is 6.61 Å². The molecule has 0 aliphatic heterocycles. The molecule has 0 amide bonds. The summed E-state index contributed by atoms with van der Waals surface area (Å²) in [7, 11) is 0. The maximum absolute atomic E-state index is 5.88. The van der Waals surface area contributed by atoms with Gasteiger partial charge in [-0.2, -0.15) is 0 Å². The molecule has 0 radical (unpaired) electrons. The molecule has 0 N–H and O–H groups in total. The van der Waals surface area contributed by atoms with Crippen LogP contribution >= 0.6 is 0 Å². The van der Waals surface area contributed by atoms with Crippen molar-refractivity contribution >= 4 is 0 Å². The van der Waals surface area contributed by atoms with Crippen molar-refractivity contribution in [1.29, 1.82) is 0 Å².